The summed E-state index contributed by atoms with van der Waals surface area (Å²) in [6.45, 7) is 3.34. The first-order valence-electron chi connectivity index (χ1n) is 14.3. The lowest BCUT2D eigenvalue weighted by atomic mass is 9.97. The highest BCUT2D eigenvalue weighted by molar-refractivity contribution is 5.78. The monoisotopic (exact) mass is 528 g/mol. The van der Waals surface area contributed by atoms with Gasteiger partial charge < -0.3 is 14.6 Å². The molecule has 2 rings (SSSR count). The minimum Gasteiger partial charge on any atom is -0.463 e. The molecule has 6 heteroatoms. The van der Waals surface area contributed by atoms with E-state index in [4.69, 9.17) is 9.47 Å². The molecule has 38 heavy (non-hydrogen) atoms. The van der Waals surface area contributed by atoms with Crippen LogP contribution in [0.4, 0.5) is 4.39 Å². The van der Waals surface area contributed by atoms with Crippen LogP contribution in [0.15, 0.2) is 48.5 Å². The molecule has 0 fully saturated rings. The van der Waals surface area contributed by atoms with Gasteiger partial charge in [0.25, 0.3) is 0 Å². The van der Waals surface area contributed by atoms with Crippen molar-refractivity contribution < 1.29 is 28.6 Å². The fourth-order valence-electron chi connectivity index (χ4n) is 4.33. The van der Waals surface area contributed by atoms with Crippen LogP contribution < -0.4 is 0 Å². The third-order valence-corrected chi connectivity index (χ3v) is 6.77. The number of aliphatic hydroxyl groups excluding tert-OH is 1. The molecule has 210 valence electrons. The predicted octanol–water partition coefficient (Wildman–Crippen LogP) is 7.74. The van der Waals surface area contributed by atoms with Gasteiger partial charge in [0, 0.05) is 12.0 Å². The molecule has 2 aromatic rings. The second-order valence-corrected chi connectivity index (χ2v) is 10.1. The third kappa shape index (κ3) is 12.2. The summed E-state index contributed by atoms with van der Waals surface area (Å²) >= 11 is 0. The van der Waals surface area contributed by atoms with E-state index < -0.39 is 23.8 Å². The van der Waals surface area contributed by atoms with E-state index in [2.05, 4.69) is 6.92 Å². The van der Waals surface area contributed by atoms with Gasteiger partial charge in [-0.2, -0.15) is 0 Å². The molecule has 0 aliphatic heterocycles. The molecule has 0 heterocycles. The van der Waals surface area contributed by atoms with Gasteiger partial charge in [0.2, 0.25) is 0 Å². The number of ether oxygens (including phenoxy) is 2. The molecule has 0 spiro atoms. The largest absolute Gasteiger partial charge is 0.463 e. The summed E-state index contributed by atoms with van der Waals surface area (Å²) in [6.07, 6.45) is 12.5. The smallest absolute Gasteiger partial charge is 0.313 e. The van der Waals surface area contributed by atoms with Gasteiger partial charge in [0.1, 0.15) is 25.1 Å². The van der Waals surface area contributed by atoms with E-state index in [1.165, 1.54) is 57.4 Å². The molecule has 0 saturated heterocycles. The first kappa shape index (κ1) is 31.5. The van der Waals surface area contributed by atoms with Gasteiger partial charge in [-0.25, -0.2) is 4.39 Å². The number of aliphatic hydroxyl groups is 1. The zero-order chi connectivity index (χ0) is 27.6. The van der Waals surface area contributed by atoms with Crippen LogP contribution in [0.25, 0.3) is 11.1 Å². The summed E-state index contributed by atoms with van der Waals surface area (Å²) in [6, 6.07) is 13.9. The van der Waals surface area contributed by atoms with Crippen LogP contribution in [0.2, 0.25) is 0 Å². The number of halogens is 1. The topological polar surface area (TPSA) is 72.8 Å². The number of benzene rings is 2. The van der Waals surface area contributed by atoms with Gasteiger partial charge in [-0.15, -0.1) is 0 Å². The Balaban J connectivity index is 1.57. The Morgan fingerprint density at radius 3 is 2.00 bits per heavy atom. The fraction of sp³-hybridized carbons (Fsp3) is 0.562. The molecular weight excluding hydrogens is 483 g/mol. The average molecular weight is 529 g/mol. The van der Waals surface area contributed by atoms with Crippen molar-refractivity contribution in [3.8, 4) is 11.1 Å². The lowest BCUT2D eigenvalue weighted by Gasteiger charge is -2.16. The minimum absolute atomic E-state index is 0.223. The van der Waals surface area contributed by atoms with Gasteiger partial charge in [-0.3, -0.25) is 9.59 Å². The van der Waals surface area contributed by atoms with Crippen LogP contribution in [-0.2, 0) is 19.1 Å². The van der Waals surface area contributed by atoms with Crippen LogP contribution in [0.5, 0.6) is 0 Å². The van der Waals surface area contributed by atoms with Crippen LogP contribution in [-0.4, -0.2) is 36.4 Å². The van der Waals surface area contributed by atoms with E-state index in [-0.39, 0.29) is 19.2 Å². The Bertz CT molecular complexity index is 946. The first-order valence-corrected chi connectivity index (χ1v) is 14.3. The molecule has 0 bridgehead atoms. The summed E-state index contributed by atoms with van der Waals surface area (Å²) < 4.78 is 24.9. The molecule has 2 atom stereocenters. The van der Waals surface area contributed by atoms with Crippen molar-refractivity contribution in [2.24, 2.45) is 0 Å². The van der Waals surface area contributed by atoms with Crippen molar-refractivity contribution in [2.45, 2.75) is 103 Å². The maximum atomic E-state index is 14.6. The van der Waals surface area contributed by atoms with E-state index in [0.29, 0.717) is 17.5 Å². The molecule has 5 nitrogen and oxygen atoms in total. The lowest BCUT2D eigenvalue weighted by Crippen LogP contribution is -2.26. The van der Waals surface area contributed by atoms with Crippen molar-refractivity contribution in [1.82, 2.24) is 0 Å². The molecular formula is C32H45FO5. The van der Waals surface area contributed by atoms with E-state index in [1.54, 1.807) is 19.1 Å². The number of hydrogen-bond acceptors (Lipinski definition) is 5. The number of esters is 2. The Labute approximate surface area is 227 Å². The van der Waals surface area contributed by atoms with E-state index in [1.807, 2.05) is 30.3 Å². The third-order valence-electron chi connectivity index (χ3n) is 6.77. The summed E-state index contributed by atoms with van der Waals surface area (Å²) in [5, 5.41) is 10.1. The Kier molecular flexibility index (Phi) is 15.3. The van der Waals surface area contributed by atoms with Crippen LogP contribution in [0.3, 0.4) is 0 Å². The number of hydrogen-bond donors (Lipinski definition) is 1. The number of rotatable bonds is 19. The molecule has 2 aromatic carbocycles. The summed E-state index contributed by atoms with van der Waals surface area (Å²) in [5.41, 5.74) is 1.70. The van der Waals surface area contributed by atoms with E-state index in [9.17, 15) is 19.1 Å². The van der Waals surface area contributed by atoms with Gasteiger partial charge in [0.05, 0.1) is 5.92 Å². The quantitative estimate of drug-likeness (QED) is 0.149. The summed E-state index contributed by atoms with van der Waals surface area (Å²) in [5.74, 6) is -2.06. The zero-order valence-corrected chi connectivity index (χ0v) is 23.1. The Morgan fingerprint density at radius 2 is 1.39 bits per heavy atom. The molecule has 1 N–H and O–H groups in total. The maximum Gasteiger partial charge on any atom is 0.313 e. The van der Waals surface area contributed by atoms with Crippen LogP contribution in [0.1, 0.15) is 102 Å². The molecule has 0 aromatic heterocycles. The van der Waals surface area contributed by atoms with Crippen molar-refractivity contribution in [2.75, 3.05) is 13.2 Å². The summed E-state index contributed by atoms with van der Waals surface area (Å²) in [4.78, 5) is 24.3. The van der Waals surface area contributed by atoms with Gasteiger partial charge >= 0.3 is 11.9 Å². The second kappa shape index (κ2) is 18.5. The standard InChI is InChI=1S/C32H45FO5/c1-3-4-5-6-7-8-9-10-11-12-16-19-31(35)37-23-28(34)24-38-32(36)25(2)27-20-21-29(30(33)22-27)26-17-14-13-15-18-26/h13-15,17-18,20-22,25,28,34H,3-12,16,19,23-24H2,1-2H3/t25?,28-/m0/s1. The molecule has 0 radical (unpaired) electrons. The van der Waals surface area contributed by atoms with Gasteiger partial charge in [0.15, 0.2) is 0 Å². The highest BCUT2D eigenvalue weighted by Crippen LogP contribution is 2.26. The fourth-order valence-corrected chi connectivity index (χ4v) is 4.33. The van der Waals surface area contributed by atoms with Crippen molar-refractivity contribution in [3.05, 3.63) is 59.9 Å². The number of carbonyl (C=O) groups excluding carboxylic acids is 2. The zero-order valence-electron chi connectivity index (χ0n) is 23.1. The summed E-state index contributed by atoms with van der Waals surface area (Å²) in [7, 11) is 0. The van der Waals surface area contributed by atoms with Crippen molar-refractivity contribution in [1.29, 1.82) is 0 Å². The van der Waals surface area contributed by atoms with E-state index in [0.717, 1.165) is 24.8 Å². The van der Waals surface area contributed by atoms with Crippen molar-refractivity contribution in [3.63, 3.8) is 0 Å². The predicted molar refractivity (Wildman–Crippen MR) is 149 cm³/mol. The van der Waals surface area contributed by atoms with E-state index >= 15 is 0 Å². The molecule has 0 saturated carbocycles. The first-order chi connectivity index (χ1) is 18.4. The van der Waals surface area contributed by atoms with Gasteiger partial charge in [-0.05, 0) is 30.5 Å². The Morgan fingerprint density at radius 1 is 0.816 bits per heavy atom. The highest BCUT2D eigenvalue weighted by atomic mass is 19.1. The van der Waals surface area contributed by atoms with Gasteiger partial charge in [-0.1, -0.05) is 114 Å². The SMILES string of the molecule is CCCCCCCCCCCCCC(=O)OC[C@H](O)COC(=O)C(C)c1ccc(-c2ccccc2)c(F)c1. The minimum atomic E-state index is -1.11. The van der Waals surface area contributed by atoms with Crippen LogP contribution in [0, 0.1) is 5.82 Å². The lowest BCUT2D eigenvalue weighted by molar-refractivity contribution is -0.153. The normalized spacial score (nSPS) is 12.6. The molecule has 0 aliphatic carbocycles. The van der Waals surface area contributed by atoms with Crippen molar-refractivity contribution >= 4 is 11.9 Å². The number of unbranched alkanes of at least 4 members (excludes halogenated alkanes) is 10. The van der Waals surface area contributed by atoms with Crippen LogP contribution >= 0.6 is 0 Å². The Hall–Kier alpha value is -2.73. The molecule has 0 amide bonds. The maximum absolute atomic E-state index is 14.6. The second-order valence-electron chi connectivity index (χ2n) is 10.1. The number of carbonyl (C=O) groups is 2. The highest BCUT2D eigenvalue weighted by Gasteiger charge is 2.20. The molecule has 1 unspecified atom stereocenters. The average Bonchev–Trinajstić information content (AvgIpc) is 2.93. The molecule has 0 aliphatic rings.